The van der Waals surface area contributed by atoms with Crippen molar-refractivity contribution < 1.29 is 22.7 Å². The molecule has 1 fully saturated rings. The van der Waals surface area contributed by atoms with Gasteiger partial charge < -0.3 is 25.6 Å². The van der Waals surface area contributed by atoms with Gasteiger partial charge in [0.05, 0.1) is 43.4 Å². The molecule has 0 atom stereocenters. The zero-order valence-electron chi connectivity index (χ0n) is 20.1. The second-order valence-corrected chi connectivity index (χ2v) is 9.26. The Kier molecular flexibility index (Phi) is 7.21. The first kappa shape index (κ1) is 25.9. The van der Waals surface area contributed by atoms with Gasteiger partial charge in [-0.15, -0.1) is 0 Å². The van der Waals surface area contributed by atoms with Gasteiger partial charge in [-0.2, -0.15) is 13.2 Å². The summed E-state index contributed by atoms with van der Waals surface area (Å²) >= 11 is 6.12. The Morgan fingerprint density at radius 3 is 2.66 bits per heavy atom. The van der Waals surface area contributed by atoms with Crippen LogP contribution < -0.4 is 16.0 Å². The van der Waals surface area contributed by atoms with E-state index >= 15 is 0 Å². The third kappa shape index (κ3) is 5.73. The number of ether oxygens (including phenoxy) is 1. The molecule has 1 aromatic carbocycles. The van der Waals surface area contributed by atoms with Gasteiger partial charge in [-0.1, -0.05) is 0 Å². The van der Waals surface area contributed by atoms with E-state index in [1.54, 1.807) is 11.1 Å². The number of hydrogen-bond acceptors (Lipinski definition) is 9. The van der Waals surface area contributed by atoms with Gasteiger partial charge in [-0.05, 0) is 35.4 Å². The molecule has 5 rings (SSSR count). The van der Waals surface area contributed by atoms with Crippen molar-refractivity contribution in [2.75, 3.05) is 48.8 Å². The lowest BCUT2D eigenvalue weighted by Crippen LogP contribution is -2.39. The molecular formula is C24H24ClF3N8O2. The third-order valence-corrected chi connectivity index (χ3v) is 6.47. The normalized spacial score (nSPS) is 15.8. The summed E-state index contributed by atoms with van der Waals surface area (Å²) in [5.41, 5.74) is 6.66. The van der Waals surface area contributed by atoms with Gasteiger partial charge in [0.2, 0.25) is 5.28 Å². The summed E-state index contributed by atoms with van der Waals surface area (Å²) < 4.78 is 45.0. The summed E-state index contributed by atoms with van der Waals surface area (Å²) in [7, 11) is 0. The summed E-state index contributed by atoms with van der Waals surface area (Å²) in [6.45, 7) is 3.04. The molecule has 0 unspecified atom stereocenters. The van der Waals surface area contributed by atoms with E-state index in [1.165, 1.54) is 12.3 Å². The standard InChI is InChI=1S/C24H24ClF3N8O2/c25-23-33-18-1-2-36(22(37)19-11-30-12-20(32-19)35-3-5-38-6-4-35)13-17(18)21(34-23)31-10-14-7-15(24(26,27)28)9-16(29)8-14/h7-9,11-12H,1-6,10,13,29H2,(H,31,33,34). The number of nitrogens with zero attached hydrogens (tertiary/aromatic N) is 6. The molecule has 0 aliphatic carbocycles. The van der Waals surface area contributed by atoms with Crippen molar-refractivity contribution in [3.05, 3.63) is 64.0 Å². The molecule has 1 amide bonds. The fourth-order valence-electron chi connectivity index (χ4n) is 4.44. The molecule has 3 aromatic rings. The van der Waals surface area contributed by atoms with Crippen LogP contribution in [0.1, 0.15) is 32.9 Å². The Morgan fingerprint density at radius 1 is 1.11 bits per heavy atom. The van der Waals surface area contributed by atoms with Gasteiger partial charge in [0.1, 0.15) is 17.3 Å². The van der Waals surface area contributed by atoms with E-state index in [0.29, 0.717) is 67.7 Å². The molecule has 0 radical (unpaired) electrons. The number of nitrogen functional groups attached to an aromatic ring is 1. The highest BCUT2D eigenvalue weighted by atomic mass is 35.5. The number of carbonyl (C=O) groups is 1. The van der Waals surface area contributed by atoms with E-state index in [-0.39, 0.29) is 35.7 Å². The first-order chi connectivity index (χ1) is 18.2. The Balaban J connectivity index is 1.35. The molecule has 38 heavy (non-hydrogen) atoms. The first-order valence-corrected chi connectivity index (χ1v) is 12.2. The van der Waals surface area contributed by atoms with Gasteiger partial charge in [-0.25, -0.2) is 15.0 Å². The minimum atomic E-state index is -4.52. The number of amides is 1. The minimum absolute atomic E-state index is 0.00124. The number of morpholine rings is 1. The van der Waals surface area contributed by atoms with Gasteiger partial charge in [-0.3, -0.25) is 9.78 Å². The van der Waals surface area contributed by atoms with Gasteiger partial charge >= 0.3 is 6.18 Å². The second kappa shape index (κ2) is 10.6. The van der Waals surface area contributed by atoms with Crippen molar-refractivity contribution in [2.45, 2.75) is 25.7 Å². The van der Waals surface area contributed by atoms with Gasteiger partial charge in [0.25, 0.3) is 5.91 Å². The highest BCUT2D eigenvalue weighted by Crippen LogP contribution is 2.32. The summed E-state index contributed by atoms with van der Waals surface area (Å²) in [5.74, 6) is 0.640. The van der Waals surface area contributed by atoms with Crippen LogP contribution in [0.2, 0.25) is 5.28 Å². The van der Waals surface area contributed by atoms with Crippen LogP contribution in [-0.4, -0.2) is 63.6 Å². The fraction of sp³-hybridized carbons (Fsp3) is 0.375. The minimum Gasteiger partial charge on any atom is -0.399 e. The van der Waals surface area contributed by atoms with Crippen molar-refractivity contribution in [3.63, 3.8) is 0 Å². The number of hydrogen-bond donors (Lipinski definition) is 2. The molecule has 0 bridgehead atoms. The summed E-state index contributed by atoms with van der Waals surface area (Å²) in [6.07, 6.45) is -1.06. The van der Waals surface area contributed by atoms with E-state index in [1.807, 2.05) is 4.90 Å². The largest absolute Gasteiger partial charge is 0.416 e. The van der Waals surface area contributed by atoms with E-state index in [0.717, 1.165) is 12.1 Å². The monoisotopic (exact) mass is 548 g/mol. The number of alkyl halides is 3. The van der Waals surface area contributed by atoms with E-state index in [2.05, 4.69) is 25.3 Å². The topological polar surface area (TPSA) is 122 Å². The number of benzene rings is 1. The number of rotatable bonds is 5. The maximum absolute atomic E-state index is 13.3. The molecule has 3 N–H and O–H groups in total. The maximum Gasteiger partial charge on any atom is 0.416 e. The highest BCUT2D eigenvalue weighted by Gasteiger charge is 2.31. The number of aromatic nitrogens is 4. The molecule has 0 spiro atoms. The highest BCUT2D eigenvalue weighted by molar-refractivity contribution is 6.28. The second-order valence-electron chi connectivity index (χ2n) is 8.92. The van der Waals surface area contributed by atoms with Crippen molar-refractivity contribution in [3.8, 4) is 0 Å². The molecule has 2 aromatic heterocycles. The first-order valence-electron chi connectivity index (χ1n) is 11.9. The molecule has 200 valence electrons. The third-order valence-electron chi connectivity index (χ3n) is 6.30. The number of nitrogens with one attached hydrogen (secondary N) is 1. The van der Waals surface area contributed by atoms with Crippen LogP contribution in [0.3, 0.4) is 0 Å². The molecule has 10 nitrogen and oxygen atoms in total. The Morgan fingerprint density at radius 2 is 1.89 bits per heavy atom. The SMILES string of the molecule is Nc1cc(CNc2nc(Cl)nc3c2CN(C(=O)c2cncc(N4CCOCC4)n2)CC3)cc(C(F)(F)F)c1. The maximum atomic E-state index is 13.3. The Hall–Kier alpha value is -3.71. The predicted molar refractivity (Wildman–Crippen MR) is 134 cm³/mol. The van der Waals surface area contributed by atoms with Crippen molar-refractivity contribution in [1.29, 1.82) is 0 Å². The molecule has 1 saturated heterocycles. The van der Waals surface area contributed by atoms with E-state index in [4.69, 9.17) is 22.1 Å². The van der Waals surface area contributed by atoms with Crippen LogP contribution >= 0.6 is 11.6 Å². The quantitative estimate of drug-likeness (QED) is 0.365. The van der Waals surface area contributed by atoms with Gasteiger partial charge in [0.15, 0.2) is 0 Å². The predicted octanol–water partition coefficient (Wildman–Crippen LogP) is 3.17. The lowest BCUT2D eigenvalue weighted by atomic mass is 10.1. The van der Waals surface area contributed by atoms with Crippen LogP contribution in [0.25, 0.3) is 0 Å². The zero-order valence-corrected chi connectivity index (χ0v) is 20.9. The van der Waals surface area contributed by atoms with Gasteiger partial charge in [0, 0.05) is 43.9 Å². The van der Waals surface area contributed by atoms with Crippen molar-refractivity contribution in [1.82, 2.24) is 24.8 Å². The molecular weight excluding hydrogens is 525 g/mol. The fourth-order valence-corrected chi connectivity index (χ4v) is 4.63. The molecule has 0 saturated carbocycles. The Bertz CT molecular complexity index is 1350. The number of nitrogens with two attached hydrogens (primary N) is 1. The average Bonchev–Trinajstić information content (AvgIpc) is 2.91. The molecule has 2 aliphatic heterocycles. The summed E-state index contributed by atoms with van der Waals surface area (Å²) in [6, 6.07) is 3.36. The summed E-state index contributed by atoms with van der Waals surface area (Å²) in [4.78, 5) is 34.2. The van der Waals surface area contributed by atoms with Crippen LogP contribution in [-0.2, 0) is 30.4 Å². The van der Waals surface area contributed by atoms with E-state index in [9.17, 15) is 18.0 Å². The van der Waals surface area contributed by atoms with Crippen molar-refractivity contribution in [2.24, 2.45) is 0 Å². The lowest BCUT2D eigenvalue weighted by Gasteiger charge is -2.30. The van der Waals surface area contributed by atoms with Crippen molar-refractivity contribution >= 4 is 34.8 Å². The van der Waals surface area contributed by atoms with E-state index < -0.39 is 11.7 Å². The molecule has 14 heteroatoms. The average molecular weight is 549 g/mol. The van der Waals surface area contributed by atoms with Crippen LogP contribution in [0, 0.1) is 0 Å². The molecule has 2 aliphatic rings. The summed E-state index contributed by atoms with van der Waals surface area (Å²) in [5, 5.41) is 3.04. The molecule has 4 heterocycles. The van der Waals surface area contributed by atoms with Crippen LogP contribution in [0.15, 0.2) is 30.6 Å². The van der Waals surface area contributed by atoms with Crippen LogP contribution in [0.4, 0.5) is 30.5 Å². The number of halogens is 4. The lowest BCUT2D eigenvalue weighted by molar-refractivity contribution is -0.137. The number of fused-ring (bicyclic) bond motifs is 1. The smallest absolute Gasteiger partial charge is 0.399 e. The zero-order chi connectivity index (χ0) is 26.9. The Labute approximate surface area is 221 Å². The number of carbonyl (C=O) groups excluding carboxylic acids is 1. The van der Waals surface area contributed by atoms with Crippen LogP contribution in [0.5, 0.6) is 0 Å². The number of anilines is 3.